The van der Waals surface area contributed by atoms with E-state index in [0.29, 0.717) is 6.54 Å². The van der Waals surface area contributed by atoms with Gasteiger partial charge in [-0.15, -0.1) is 6.42 Å². The number of rotatable bonds is 4. The molecule has 1 N–H and O–H groups in total. The van der Waals surface area contributed by atoms with Gasteiger partial charge in [0.1, 0.15) is 18.1 Å². The van der Waals surface area contributed by atoms with E-state index in [9.17, 15) is 4.79 Å². The first-order chi connectivity index (χ1) is 9.13. The van der Waals surface area contributed by atoms with Crippen LogP contribution in [0.15, 0.2) is 23.4 Å². The second kappa shape index (κ2) is 5.59. The van der Waals surface area contributed by atoms with Gasteiger partial charge in [0.2, 0.25) is 0 Å². The molecule has 0 radical (unpaired) electrons. The lowest BCUT2D eigenvalue weighted by atomic mass is 10.4. The van der Waals surface area contributed by atoms with Crippen molar-refractivity contribution in [3.63, 3.8) is 0 Å². The molecule has 0 fully saturated rings. The standard InChI is InChI=1S/C12H12ClN5O/c1-3-5-18-12(19)11(9(13)7-16-18)15-8-10-14-4-6-17(10)2/h1,4,6-7,15H,5,8H2,2H3. The Labute approximate surface area is 115 Å². The minimum absolute atomic E-state index is 0.104. The van der Waals surface area contributed by atoms with E-state index in [0.717, 1.165) is 5.82 Å². The Kier molecular flexibility index (Phi) is 3.88. The first-order valence-corrected chi connectivity index (χ1v) is 5.90. The van der Waals surface area contributed by atoms with E-state index < -0.39 is 0 Å². The van der Waals surface area contributed by atoms with E-state index in [2.05, 4.69) is 21.3 Å². The molecule has 0 aromatic carbocycles. The highest BCUT2D eigenvalue weighted by atomic mass is 35.5. The molecule has 7 heteroatoms. The molecule has 0 amide bonds. The van der Waals surface area contributed by atoms with Crippen LogP contribution in [0.5, 0.6) is 0 Å². The van der Waals surface area contributed by atoms with Crippen LogP contribution in [0.4, 0.5) is 5.69 Å². The molecule has 98 valence electrons. The molecule has 6 nitrogen and oxygen atoms in total. The van der Waals surface area contributed by atoms with Gasteiger partial charge >= 0.3 is 0 Å². The summed E-state index contributed by atoms with van der Waals surface area (Å²) in [5.41, 5.74) is -0.0745. The van der Waals surface area contributed by atoms with Crippen LogP contribution in [0.2, 0.25) is 5.02 Å². The molecule has 0 aliphatic heterocycles. The van der Waals surface area contributed by atoms with E-state index in [4.69, 9.17) is 18.0 Å². The molecular formula is C12H12ClN5O. The summed E-state index contributed by atoms with van der Waals surface area (Å²) in [6.07, 6.45) is 10.1. The number of hydrogen-bond donors (Lipinski definition) is 1. The number of aromatic nitrogens is 4. The van der Waals surface area contributed by atoms with Crippen LogP contribution in [0, 0.1) is 12.3 Å². The Morgan fingerprint density at radius 2 is 2.37 bits per heavy atom. The third kappa shape index (κ3) is 2.77. The number of halogens is 1. The molecular weight excluding hydrogens is 266 g/mol. The summed E-state index contributed by atoms with van der Waals surface area (Å²) in [6.45, 7) is 0.492. The molecule has 2 aromatic rings. The number of nitrogens with zero attached hydrogens (tertiary/aromatic N) is 4. The normalized spacial score (nSPS) is 10.2. The van der Waals surface area contributed by atoms with Crippen LogP contribution >= 0.6 is 11.6 Å². The summed E-state index contributed by atoms with van der Waals surface area (Å²) in [5, 5.41) is 7.08. The summed E-state index contributed by atoms with van der Waals surface area (Å²) in [4.78, 5) is 16.2. The highest BCUT2D eigenvalue weighted by Gasteiger charge is 2.10. The molecule has 0 saturated carbocycles. The lowest BCUT2D eigenvalue weighted by Crippen LogP contribution is -2.26. The second-order valence-corrected chi connectivity index (χ2v) is 4.25. The number of terminal acetylenes is 1. The molecule has 0 atom stereocenters. The van der Waals surface area contributed by atoms with Crippen LogP contribution in [0.3, 0.4) is 0 Å². The molecule has 0 aliphatic rings. The maximum Gasteiger partial charge on any atom is 0.292 e. The number of anilines is 1. The zero-order valence-electron chi connectivity index (χ0n) is 10.3. The van der Waals surface area contributed by atoms with Gasteiger partial charge in [0.15, 0.2) is 0 Å². The van der Waals surface area contributed by atoms with Gasteiger partial charge in [-0.05, 0) is 0 Å². The van der Waals surface area contributed by atoms with Crippen molar-refractivity contribution in [3.8, 4) is 12.3 Å². The Morgan fingerprint density at radius 1 is 1.58 bits per heavy atom. The topological polar surface area (TPSA) is 64.7 Å². The summed E-state index contributed by atoms with van der Waals surface area (Å²) < 4.78 is 3.02. The predicted octanol–water partition coefficient (Wildman–Crippen LogP) is 0.875. The van der Waals surface area contributed by atoms with Crippen LogP contribution in [0.1, 0.15) is 5.82 Å². The van der Waals surface area contributed by atoms with Gasteiger partial charge in [0, 0.05) is 19.4 Å². The molecule has 19 heavy (non-hydrogen) atoms. The minimum Gasteiger partial charge on any atom is -0.372 e. The molecule has 0 spiro atoms. The van der Waals surface area contributed by atoms with E-state index in [1.807, 2.05) is 17.8 Å². The zero-order valence-corrected chi connectivity index (χ0v) is 11.1. The zero-order chi connectivity index (χ0) is 13.8. The first-order valence-electron chi connectivity index (χ1n) is 5.52. The Morgan fingerprint density at radius 3 is 3.00 bits per heavy atom. The van der Waals surface area contributed by atoms with Crippen molar-refractivity contribution in [2.24, 2.45) is 7.05 Å². The monoisotopic (exact) mass is 277 g/mol. The molecule has 0 saturated heterocycles. The molecule has 2 heterocycles. The average molecular weight is 278 g/mol. The third-order valence-electron chi connectivity index (χ3n) is 2.58. The Balaban J connectivity index is 2.25. The summed E-state index contributed by atoms with van der Waals surface area (Å²) in [5.74, 6) is 3.15. The molecule has 0 aliphatic carbocycles. The van der Waals surface area contributed by atoms with Crippen molar-refractivity contribution in [2.45, 2.75) is 13.1 Å². The largest absolute Gasteiger partial charge is 0.372 e. The quantitative estimate of drug-likeness (QED) is 0.843. The third-order valence-corrected chi connectivity index (χ3v) is 2.87. The number of hydrogen-bond acceptors (Lipinski definition) is 4. The van der Waals surface area contributed by atoms with E-state index in [1.54, 1.807) is 6.20 Å². The van der Waals surface area contributed by atoms with Crippen molar-refractivity contribution in [1.29, 1.82) is 0 Å². The first kappa shape index (κ1) is 13.2. The van der Waals surface area contributed by atoms with Crippen LogP contribution in [-0.2, 0) is 20.1 Å². The van der Waals surface area contributed by atoms with Gasteiger partial charge in [0.25, 0.3) is 5.56 Å². The predicted molar refractivity (Wildman–Crippen MR) is 72.9 cm³/mol. The fourth-order valence-electron chi connectivity index (χ4n) is 1.56. The second-order valence-electron chi connectivity index (χ2n) is 3.84. The average Bonchev–Trinajstić information content (AvgIpc) is 2.79. The highest BCUT2D eigenvalue weighted by molar-refractivity contribution is 6.32. The van der Waals surface area contributed by atoms with Crippen molar-refractivity contribution in [1.82, 2.24) is 19.3 Å². The lowest BCUT2D eigenvalue weighted by Gasteiger charge is -2.09. The maximum atomic E-state index is 12.1. The van der Waals surface area contributed by atoms with Gasteiger partial charge < -0.3 is 9.88 Å². The number of aryl methyl sites for hydroxylation is 1. The van der Waals surface area contributed by atoms with Crippen molar-refractivity contribution in [3.05, 3.63) is 39.8 Å². The highest BCUT2D eigenvalue weighted by Crippen LogP contribution is 2.15. The van der Waals surface area contributed by atoms with E-state index >= 15 is 0 Å². The fourth-order valence-corrected chi connectivity index (χ4v) is 1.75. The van der Waals surface area contributed by atoms with E-state index in [-0.39, 0.29) is 22.8 Å². The Hall–Kier alpha value is -2.26. The van der Waals surface area contributed by atoms with Gasteiger partial charge in [-0.25, -0.2) is 9.67 Å². The lowest BCUT2D eigenvalue weighted by molar-refractivity contribution is 0.663. The summed E-state index contributed by atoms with van der Waals surface area (Å²) in [6, 6.07) is 0. The molecule has 2 aromatic heterocycles. The van der Waals surface area contributed by atoms with Crippen molar-refractivity contribution < 1.29 is 0 Å². The Bertz CT molecular complexity index is 682. The van der Waals surface area contributed by atoms with Gasteiger partial charge in [-0.2, -0.15) is 5.10 Å². The van der Waals surface area contributed by atoms with Crippen LogP contribution < -0.4 is 10.9 Å². The van der Waals surface area contributed by atoms with Crippen molar-refractivity contribution >= 4 is 17.3 Å². The SMILES string of the molecule is C#CCn1ncc(Cl)c(NCc2nccn2C)c1=O. The fraction of sp³-hybridized carbons (Fsp3) is 0.250. The number of imidazole rings is 1. The van der Waals surface area contributed by atoms with Gasteiger partial charge in [0.05, 0.1) is 17.8 Å². The van der Waals surface area contributed by atoms with E-state index in [1.165, 1.54) is 10.9 Å². The molecule has 0 bridgehead atoms. The smallest absolute Gasteiger partial charge is 0.292 e. The van der Waals surface area contributed by atoms with Gasteiger partial charge in [-0.1, -0.05) is 17.5 Å². The van der Waals surface area contributed by atoms with Gasteiger partial charge in [-0.3, -0.25) is 4.79 Å². The summed E-state index contributed by atoms with van der Waals surface area (Å²) in [7, 11) is 1.87. The maximum absolute atomic E-state index is 12.1. The van der Waals surface area contributed by atoms with Crippen LogP contribution in [-0.4, -0.2) is 19.3 Å². The molecule has 2 rings (SSSR count). The minimum atomic E-state index is -0.348. The van der Waals surface area contributed by atoms with Crippen LogP contribution in [0.25, 0.3) is 0 Å². The summed E-state index contributed by atoms with van der Waals surface area (Å²) >= 11 is 5.96. The molecule has 0 unspecified atom stereocenters. The number of nitrogens with one attached hydrogen (secondary N) is 1. The van der Waals surface area contributed by atoms with Crippen molar-refractivity contribution in [2.75, 3.05) is 5.32 Å².